The van der Waals surface area contributed by atoms with Gasteiger partial charge in [0.25, 0.3) is 0 Å². The van der Waals surface area contributed by atoms with Gasteiger partial charge in [-0.3, -0.25) is 4.68 Å². The van der Waals surface area contributed by atoms with Gasteiger partial charge in [-0.1, -0.05) is 6.92 Å². The summed E-state index contributed by atoms with van der Waals surface area (Å²) in [6.07, 6.45) is 4.73. The first-order valence-corrected chi connectivity index (χ1v) is 5.09. The molecular formula is C10H18N2O2. The summed E-state index contributed by atoms with van der Waals surface area (Å²) < 4.78 is 12.5. The maximum absolute atomic E-state index is 5.43. The van der Waals surface area contributed by atoms with E-state index in [9.17, 15) is 0 Å². The quantitative estimate of drug-likeness (QED) is 0.626. The van der Waals surface area contributed by atoms with Gasteiger partial charge in [-0.05, 0) is 13.3 Å². The number of rotatable bonds is 7. The molecule has 14 heavy (non-hydrogen) atoms. The molecule has 0 N–H and O–H groups in total. The topological polar surface area (TPSA) is 36.3 Å². The highest BCUT2D eigenvalue weighted by Gasteiger charge is 1.97. The van der Waals surface area contributed by atoms with Crippen molar-refractivity contribution in [2.24, 2.45) is 0 Å². The molecule has 1 heterocycles. The fraction of sp³-hybridized carbons (Fsp3) is 0.700. The monoisotopic (exact) mass is 198 g/mol. The third kappa shape index (κ3) is 3.79. The van der Waals surface area contributed by atoms with E-state index in [0.29, 0.717) is 13.2 Å². The lowest BCUT2D eigenvalue weighted by Crippen LogP contribution is -2.05. The van der Waals surface area contributed by atoms with Gasteiger partial charge in [0.1, 0.15) is 6.61 Å². The fourth-order valence-electron chi connectivity index (χ4n) is 1.13. The van der Waals surface area contributed by atoms with Crippen LogP contribution in [0.25, 0.3) is 0 Å². The number of hydrogen-bond donors (Lipinski definition) is 0. The minimum absolute atomic E-state index is 0.589. The van der Waals surface area contributed by atoms with Crippen LogP contribution in [-0.2, 0) is 11.3 Å². The highest BCUT2D eigenvalue weighted by atomic mass is 16.5. The molecule has 1 aromatic rings. The summed E-state index contributed by atoms with van der Waals surface area (Å²) in [4.78, 5) is 0. The van der Waals surface area contributed by atoms with Crippen LogP contribution in [0.3, 0.4) is 0 Å². The molecule has 0 aliphatic carbocycles. The Bertz CT molecular complexity index is 248. The molecule has 0 fully saturated rings. The van der Waals surface area contributed by atoms with E-state index in [-0.39, 0.29) is 0 Å². The van der Waals surface area contributed by atoms with E-state index in [1.807, 2.05) is 17.8 Å². The van der Waals surface area contributed by atoms with Crippen molar-refractivity contribution in [1.29, 1.82) is 0 Å². The zero-order valence-corrected chi connectivity index (χ0v) is 8.90. The molecule has 0 saturated heterocycles. The maximum Gasteiger partial charge on any atom is 0.157 e. The zero-order valence-electron chi connectivity index (χ0n) is 8.90. The van der Waals surface area contributed by atoms with Gasteiger partial charge in [0.05, 0.1) is 19.0 Å². The lowest BCUT2D eigenvalue weighted by molar-refractivity contribution is 0.110. The van der Waals surface area contributed by atoms with Crippen LogP contribution in [0.2, 0.25) is 0 Å². The van der Waals surface area contributed by atoms with Crippen LogP contribution in [0.1, 0.15) is 20.3 Å². The van der Waals surface area contributed by atoms with Crippen LogP contribution < -0.4 is 4.74 Å². The lowest BCUT2D eigenvalue weighted by Gasteiger charge is -2.02. The van der Waals surface area contributed by atoms with Crippen LogP contribution in [-0.4, -0.2) is 29.6 Å². The second-order valence-electron chi connectivity index (χ2n) is 2.98. The first-order chi connectivity index (χ1) is 6.86. The number of aryl methyl sites for hydroxylation is 1. The number of aromatic nitrogens is 2. The minimum atomic E-state index is 0.589. The summed E-state index contributed by atoms with van der Waals surface area (Å²) in [7, 11) is 0. The average molecular weight is 198 g/mol. The van der Waals surface area contributed by atoms with Crippen molar-refractivity contribution in [3.05, 3.63) is 12.4 Å². The van der Waals surface area contributed by atoms with Crippen LogP contribution in [0, 0.1) is 0 Å². The van der Waals surface area contributed by atoms with Gasteiger partial charge >= 0.3 is 0 Å². The minimum Gasteiger partial charge on any atom is -0.488 e. The Balaban J connectivity index is 2.22. The lowest BCUT2D eigenvalue weighted by atomic mass is 10.5. The third-order valence-corrected chi connectivity index (χ3v) is 1.76. The number of nitrogens with zero attached hydrogens (tertiary/aromatic N) is 2. The molecular weight excluding hydrogens is 180 g/mol. The molecule has 1 rings (SSSR count). The summed E-state index contributed by atoms with van der Waals surface area (Å²) in [5, 5.41) is 4.16. The van der Waals surface area contributed by atoms with Crippen molar-refractivity contribution in [2.75, 3.05) is 19.8 Å². The first kappa shape index (κ1) is 11.0. The molecule has 4 heteroatoms. The predicted molar refractivity (Wildman–Crippen MR) is 54.5 cm³/mol. The van der Waals surface area contributed by atoms with E-state index < -0.39 is 0 Å². The van der Waals surface area contributed by atoms with E-state index >= 15 is 0 Å². The summed E-state index contributed by atoms with van der Waals surface area (Å²) in [6.45, 7) is 6.99. The summed E-state index contributed by atoms with van der Waals surface area (Å²) in [5.41, 5.74) is 0. The molecule has 0 saturated carbocycles. The Morgan fingerprint density at radius 3 is 2.93 bits per heavy atom. The second-order valence-corrected chi connectivity index (χ2v) is 2.98. The normalized spacial score (nSPS) is 10.4. The molecule has 0 bridgehead atoms. The first-order valence-electron chi connectivity index (χ1n) is 5.09. The van der Waals surface area contributed by atoms with Crippen LogP contribution >= 0.6 is 0 Å². The van der Waals surface area contributed by atoms with Crippen molar-refractivity contribution >= 4 is 0 Å². The highest BCUT2D eigenvalue weighted by Crippen LogP contribution is 2.07. The molecule has 0 atom stereocenters. The SMILES string of the molecule is CCCn1cc(OCCOCC)cn1. The van der Waals surface area contributed by atoms with Gasteiger partial charge in [0.2, 0.25) is 0 Å². The molecule has 0 unspecified atom stereocenters. The van der Waals surface area contributed by atoms with Gasteiger partial charge in [-0.2, -0.15) is 5.10 Å². The molecule has 0 spiro atoms. The smallest absolute Gasteiger partial charge is 0.157 e. The maximum atomic E-state index is 5.43. The van der Waals surface area contributed by atoms with Crippen molar-refractivity contribution in [3.63, 3.8) is 0 Å². The molecule has 0 aliphatic rings. The van der Waals surface area contributed by atoms with Crippen molar-refractivity contribution < 1.29 is 9.47 Å². The highest BCUT2D eigenvalue weighted by molar-refractivity contribution is 5.11. The van der Waals surface area contributed by atoms with Gasteiger partial charge < -0.3 is 9.47 Å². The summed E-state index contributed by atoms with van der Waals surface area (Å²) >= 11 is 0. The fourth-order valence-corrected chi connectivity index (χ4v) is 1.13. The van der Waals surface area contributed by atoms with Crippen LogP contribution in [0.4, 0.5) is 0 Å². The van der Waals surface area contributed by atoms with Crippen LogP contribution in [0.15, 0.2) is 12.4 Å². The molecule has 0 aromatic carbocycles. The van der Waals surface area contributed by atoms with E-state index in [1.165, 1.54) is 0 Å². The van der Waals surface area contributed by atoms with Gasteiger partial charge in [0.15, 0.2) is 5.75 Å². The zero-order chi connectivity index (χ0) is 10.2. The molecule has 0 amide bonds. The summed E-state index contributed by atoms with van der Waals surface area (Å²) in [5.74, 6) is 0.818. The van der Waals surface area contributed by atoms with Crippen molar-refractivity contribution in [1.82, 2.24) is 9.78 Å². The Labute approximate surface area is 84.8 Å². The Morgan fingerprint density at radius 2 is 2.21 bits per heavy atom. The predicted octanol–water partition coefficient (Wildman–Crippen LogP) is 1.71. The Hall–Kier alpha value is -1.03. The molecule has 0 radical (unpaired) electrons. The second kappa shape index (κ2) is 6.43. The van der Waals surface area contributed by atoms with Gasteiger partial charge in [-0.25, -0.2) is 0 Å². The Kier molecular flexibility index (Phi) is 5.07. The number of hydrogen-bond acceptors (Lipinski definition) is 3. The van der Waals surface area contributed by atoms with E-state index in [0.717, 1.165) is 25.3 Å². The van der Waals surface area contributed by atoms with Gasteiger partial charge in [-0.15, -0.1) is 0 Å². The van der Waals surface area contributed by atoms with Crippen molar-refractivity contribution in [2.45, 2.75) is 26.8 Å². The van der Waals surface area contributed by atoms with Gasteiger partial charge in [0, 0.05) is 13.2 Å². The van der Waals surface area contributed by atoms with E-state index in [2.05, 4.69) is 12.0 Å². The van der Waals surface area contributed by atoms with E-state index in [4.69, 9.17) is 9.47 Å². The van der Waals surface area contributed by atoms with Crippen molar-refractivity contribution in [3.8, 4) is 5.75 Å². The standard InChI is InChI=1S/C10H18N2O2/c1-3-5-12-9-10(8-11-12)14-7-6-13-4-2/h8-9H,3-7H2,1-2H3. The number of ether oxygens (including phenoxy) is 2. The third-order valence-electron chi connectivity index (χ3n) is 1.76. The van der Waals surface area contributed by atoms with Crippen LogP contribution in [0.5, 0.6) is 5.75 Å². The summed E-state index contributed by atoms with van der Waals surface area (Å²) in [6, 6.07) is 0. The molecule has 0 aliphatic heterocycles. The molecule has 80 valence electrons. The molecule has 4 nitrogen and oxygen atoms in total. The largest absolute Gasteiger partial charge is 0.488 e. The Morgan fingerprint density at radius 1 is 1.36 bits per heavy atom. The molecule has 1 aromatic heterocycles. The van der Waals surface area contributed by atoms with E-state index in [1.54, 1.807) is 6.20 Å². The average Bonchev–Trinajstić information content (AvgIpc) is 2.61.